The van der Waals surface area contributed by atoms with Crippen molar-refractivity contribution in [2.75, 3.05) is 13.1 Å². The number of aryl methyl sites for hydroxylation is 1. The molecule has 0 aromatic heterocycles. The fourth-order valence-corrected chi connectivity index (χ4v) is 4.58. The maximum atomic E-state index is 12.8. The number of nitro groups is 1. The molecule has 1 aliphatic heterocycles. The van der Waals surface area contributed by atoms with Gasteiger partial charge in [0.2, 0.25) is 10.0 Å². The second-order valence-corrected chi connectivity index (χ2v) is 7.07. The summed E-state index contributed by atoms with van der Waals surface area (Å²) >= 11 is 0. The smallest absolute Gasteiger partial charge is 0.270 e. The molecule has 0 aliphatic carbocycles. The Morgan fingerprint density at radius 3 is 2.68 bits per heavy atom. The summed E-state index contributed by atoms with van der Waals surface area (Å²) in [6, 6.07) is 3.67. The summed E-state index contributed by atoms with van der Waals surface area (Å²) in [5.74, 6) is 0. The molecule has 1 unspecified atom stereocenters. The normalized spacial score (nSPS) is 19.5. The quantitative estimate of drug-likeness (QED) is 0.659. The first-order valence-electron chi connectivity index (χ1n) is 6.85. The minimum atomic E-state index is -3.76. The second kappa shape index (κ2) is 7.36. The predicted molar refractivity (Wildman–Crippen MR) is 85.7 cm³/mol. The van der Waals surface area contributed by atoms with E-state index in [4.69, 9.17) is 5.73 Å². The molecule has 1 heterocycles. The number of nitrogens with zero attached hydrogens (tertiary/aromatic N) is 2. The van der Waals surface area contributed by atoms with E-state index in [1.54, 1.807) is 6.92 Å². The number of nitrogens with two attached hydrogens (primary N) is 1. The van der Waals surface area contributed by atoms with Gasteiger partial charge in [-0.25, -0.2) is 8.42 Å². The van der Waals surface area contributed by atoms with Crippen molar-refractivity contribution in [1.29, 1.82) is 0 Å². The van der Waals surface area contributed by atoms with E-state index in [2.05, 4.69) is 0 Å². The molecule has 0 radical (unpaired) electrons. The van der Waals surface area contributed by atoms with Gasteiger partial charge in [0.1, 0.15) is 0 Å². The highest BCUT2D eigenvalue weighted by atomic mass is 35.5. The molecule has 2 rings (SSSR count). The molecule has 0 saturated carbocycles. The highest BCUT2D eigenvalue weighted by Gasteiger charge is 2.34. The van der Waals surface area contributed by atoms with Crippen LogP contribution >= 0.6 is 12.4 Å². The molecule has 1 saturated heterocycles. The molecule has 9 heteroatoms. The van der Waals surface area contributed by atoms with Crippen LogP contribution in [-0.4, -0.2) is 36.8 Å². The van der Waals surface area contributed by atoms with Crippen molar-refractivity contribution >= 4 is 28.1 Å². The van der Waals surface area contributed by atoms with Crippen LogP contribution in [0.4, 0.5) is 5.69 Å². The molecule has 22 heavy (non-hydrogen) atoms. The fraction of sp³-hybridized carbons (Fsp3) is 0.538. The van der Waals surface area contributed by atoms with Crippen LogP contribution in [-0.2, 0) is 10.0 Å². The molecule has 1 atom stereocenters. The molecule has 0 bridgehead atoms. The zero-order valence-corrected chi connectivity index (χ0v) is 13.9. The maximum Gasteiger partial charge on any atom is 0.270 e. The molecular formula is C13H20ClN3O4S. The van der Waals surface area contributed by atoms with Crippen LogP contribution in [0.25, 0.3) is 0 Å². The minimum Gasteiger partial charge on any atom is -0.329 e. The van der Waals surface area contributed by atoms with E-state index in [9.17, 15) is 18.5 Å². The van der Waals surface area contributed by atoms with Crippen LogP contribution in [0.5, 0.6) is 0 Å². The van der Waals surface area contributed by atoms with E-state index in [1.807, 2.05) is 0 Å². The van der Waals surface area contributed by atoms with Gasteiger partial charge in [-0.3, -0.25) is 10.1 Å². The topological polar surface area (TPSA) is 107 Å². The monoisotopic (exact) mass is 349 g/mol. The Hall–Kier alpha value is -1.22. The number of non-ortho nitro benzene ring substituents is 1. The summed E-state index contributed by atoms with van der Waals surface area (Å²) in [6.07, 6.45) is 2.45. The molecule has 1 aromatic carbocycles. The van der Waals surface area contributed by atoms with Crippen molar-refractivity contribution < 1.29 is 13.3 Å². The molecule has 0 amide bonds. The van der Waals surface area contributed by atoms with E-state index < -0.39 is 14.9 Å². The van der Waals surface area contributed by atoms with Crippen LogP contribution in [0.2, 0.25) is 0 Å². The summed E-state index contributed by atoms with van der Waals surface area (Å²) < 4.78 is 27.0. The number of sulfonamides is 1. The highest BCUT2D eigenvalue weighted by Crippen LogP contribution is 2.29. The Kier molecular flexibility index (Phi) is 6.30. The third kappa shape index (κ3) is 3.57. The van der Waals surface area contributed by atoms with Crippen LogP contribution in [0, 0.1) is 17.0 Å². The van der Waals surface area contributed by atoms with Crippen molar-refractivity contribution in [2.45, 2.75) is 37.1 Å². The van der Waals surface area contributed by atoms with Gasteiger partial charge in [0.15, 0.2) is 0 Å². The Morgan fingerprint density at radius 2 is 2.09 bits per heavy atom. The van der Waals surface area contributed by atoms with Crippen molar-refractivity contribution in [1.82, 2.24) is 4.31 Å². The third-order valence-electron chi connectivity index (χ3n) is 3.81. The van der Waals surface area contributed by atoms with Gasteiger partial charge in [0.05, 0.1) is 9.82 Å². The van der Waals surface area contributed by atoms with Crippen molar-refractivity contribution in [2.24, 2.45) is 5.73 Å². The number of hydrogen-bond donors (Lipinski definition) is 1. The summed E-state index contributed by atoms with van der Waals surface area (Å²) in [5, 5.41) is 10.9. The lowest BCUT2D eigenvalue weighted by Crippen LogP contribution is -2.47. The fourth-order valence-electron chi connectivity index (χ4n) is 2.63. The van der Waals surface area contributed by atoms with Crippen LogP contribution in [0.1, 0.15) is 24.8 Å². The highest BCUT2D eigenvalue weighted by molar-refractivity contribution is 7.89. The van der Waals surface area contributed by atoms with Crippen LogP contribution < -0.4 is 5.73 Å². The van der Waals surface area contributed by atoms with E-state index in [1.165, 1.54) is 16.4 Å². The number of nitro benzene ring substituents is 1. The number of halogens is 1. The molecule has 7 nitrogen and oxygen atoms in total. The average molecular weight is 350 g/mol. The van der Waals surface area contributed by atoms with Crippen LogP contribution in [0.15, 0.2) is 23.1 Å². The molecular weight excluding hydrogens is 330 g/mol. The van der Waals surface area contributed by atoms with Gasteiger partial charge in [-0.2, -0.15) is 4.31 Å². The van der Waals surface area contributed by atoms with Gasteiger partial charge in [0, 0.05) is 31.3 Å². The average Bonchev–Trinajstić information content (AvgIpc) is 2.47. The first-order valence-corrected chi connectivity index (χ1v) is 8.29. The van der Waals surface area contributed by atoms with Gasteiger partial charge < -0.3 is 5.73 Å². The summed E-state index contributed by atoms with van der Waals surface area (Å²) in [6.45, 7) is 2.30. The molecule has 1 fully saturated rings. The maximum absolute atomic E-state index is 12.8. The lowest BCUT2D eigenvalue weighted by molar-refractivity contribution is -0.385. The van der Waals surface area contributed by atoms with Crippen molar-refractivity contribution in [3.8, 4) is 0 Å². The summed E-state index contributed by atoms with van der Waals surface area (Å²) in [7, 11) is -3.76. The van der Waals surface area contributed by atoms with E-state index >= 15 is 0 Å². The van der Waals surface area contributed by atoms with E-state index in [0.29, 0.717) is 12.1 Å². The largest absolute Gasteiger partial charge is 0.329 e. The molecule has 124 valence electrons. The van der Waals surface area contributed by atoms with Crippen molar-refractivity contribution in [3.05, 3.63) is 33.9 Å². The van der Waals surface area contributed by atoms with Gasteiger partial charge in [-0.15, -0.1) is 12.4 Å². The van der Waals surface area contributed by atoms with Gasteiger partial charge in [0.25, 0.3) is 5.69 Å². The predicted octanol–water partition coefficient (Wildman–Crippen LogP) is 1.83. The first kappa shape index (κ1) is 18.8. The van der Waals surface area contributed by atoms with E-state index in [0.717, 1.165) is 25.3 Å². The second-order valence-electron chi connectivity index (χ2n) is 5.21. The van der Waals surface area contributed by atoms with Crippen LogP contribution in [0.3, 0.4) is 0 Å². The van der Waals surface area contributed by atoms with Gasteiger partial charge >= 0.3 is 0 Å². The van der Waals surface area contributed by atoms with Crippen molar-refractivity contribution in [3.63, 3.8) is 0 Å². The Morgan fingerprint density at radius 1 is 1.41 bits per heavy atom. The zero-order chi connectivity index (χ0) is 15.6. The molecule has 2 N–H and O–H groups in total. The lowest BCUT2D eigenvalue weighted by Gasteiger charge is -2.34. The molecule has 0 spiro atoms. The lowest BCUT2D eigenvalue weighted by atomic mass is 10.1. The van der Waals surface area contributed by atoms with E-state index in [-0.39, 0.29) is 35.6 Å². The SMILES string of the molecule is Cc1ccc([N+](=O)[O-])cc1S(=O)(=O)N1CCCCC1CN.Cl. The summed E-state index contributed by atoms with van der Waals surface area (Å²) in [4.78, 5) is 10.3. The molecule has 1 aromatic rings. The zero-order valence-electron chi connectivity index (χ0n) is 12.3. The Balaban J connectivity index is 0.00000242. The third-order valence-corrected chi connectivity index (χ3v) is 5.91. The standard InChI is InChI=1S/C13H19N3O4S.ClH/c1-10-5-6-11(16(17)18)8-13(10)21(19,20)15-7-3-2-4-12(15)9-14;/h5-6,8,12H,2-4,7,9,14H2,1H3;1H. The van der Waals surface area contributed by atoms with Gasteiger partial charge in [-0.05, 0) is 25.3 Å². The Labute approximate surface area is 136 Å². The first-order chi connectivity index (χ1) is 9.87. The Bertz CT molecular complexity index is 651. The number of piperidine rings is 1. The molecule has 1 aliphatic rings. The number of hydrogen-bond acceptors (Lipinski definition) is 5. The minimum absolute atomic E-state index is 0. The van der Waals surface area contributed by atoms with Gasteiger partial charge in [-0.1, -0.05) is 12.5 Å². The summed E-state index contributed by atoms with van der Waals surface area (Å²) in [5.41, 5.74) is 5.95. The number of benzene rings is 1. The number of rotatable bonds is 4.